The lowest BCUT2D eigenvalue weighted by atomic mass is 10.1. The van der Waals surface area contributed by atoms with Gasteiger partial charge in [-0.25, -0.2) is 14.5 Å². The van der Waals surface area contributed by atoms with Crippen LogP contribution in [0.5, 0.6) is 0 Å². The molecule has 0 bridgehead atoms. The summed E-state index contributed by atoms with van der Waals surface area (Å²) >= 11 is 5.98. The van der Waals surface area contributed by atoms with Crippen LogP contribution in [0.1, 0.15) is 41.7 Å². The van der Waals surface area contributed by atoms with Gasteiger partial charge in [-0.1, -0.05) is 29.8 Å². The first-order chi connectivity index (χ1) is 15.8. The smallest absolute Gasteiger partial charge is 0.272 e. The number of halogens is 4. The maximum Gasteiger partial charge on any atom is 0.416 e. The van der Waals surface area contributed by atoms with Crippen LogP contribution in [0.25, 0.3) is 11.4 Å². The second-order valence-electron chi connectivity index (χ2n) is 7.95. The van der Waals surface area contributed by atoms with Crippen LogP contribution in [0.15, 0.2) is 53.3 Å². The molecule has 1 aliphatic rings. The highest BCUT2D eigenvalue weighted by molar-refractivity contribution is 6.30. The van der Waals surface area contributed by atoms with Crippen molar-refractivity contribution in [3.63, 3.8) is 0 Å². The lowest BCUT2D eigenvalue weighted by Gasteiger charge is -2.07. The number of hydrogen-bond acceptors (Lipinski definition) is 4. The van der Waals surface area contributed by atoms with Crippen LogP contribution in [0, 0.1) is 0 Å². The first-order valence-electron chi connectivity index (χ1n) is 10.3. The van der Waals surface area contributed by atoms with Crippen molar-refractivity contribution in [1.29, 1.82) is 0 Å². The molecule has 4 aromatic rings. The van der Waals surface area contributed by atoms with Crippen LogP contribution in [0.3, 0.4) is 0 Å². The lowest BCUT2D eigenvalue weighted by molar-refractivity contribution is -0.137. The van der Waals surface area contributed by atoms with Crippen LogP contribution in [-0.2, 0) is 19.1 Å². The van der Waals surface area contributed by atoms with Gasteiger partial charge in [0.05, 0.1) is 5.56 Å². The number of nitrogens with zero attached hydrogens (tertiary/aromatic N) is 5. The zero-order chi connectivity index (χ0) is 23.2. The zero-order valence-corrected chi connectivity index (χ0v) is 17.9. The molecule has 0 unspecified atom stereocenters. The second-order valence-corrected chi connectivity index (χ2v) is 8.38. The molecule has 0 saturated heterocycles. The molecule has 1 N–H and O–H groups in total. The Bertz CT molecular complexity index is 1350. The highest BCUT2D eigenvalue weighted by Crippen LogP contribution is 2.36. The fourth-order valence-electron chi connectivity index (χ4n) is 3.65. The minimum Gasteiger partial charge on any atom is -0.272 e. The number of aromatic amines is 1. The number of nitrogens with one attached hydrogen (secondary N) is 1. The third kappa shape index (κ3) is 4.56. The molecule has 0 radical (unpaired) electrons. The summed E-state index contributed by atoms with van der Waals surface area (Å²) in [6, 6.07) is 12.3. The Kier molecular flexibility index (Phi) is 5.32. The van der Waals surface area contributed by atoms with E-state index >= 15 is 0 Å². The predicted molar refractivity (Wildman–Crippen MR) is 115 cm³/mol. The van der Waals surface area contributed by atoms with Crippen LogP contribution < -0.4 is 5.69 Å². The molecular formula is C22H18ClF3N6O. The molecule has 11 heteroatoms. The number of rotatable bonds is 6. The van der Waals surface area contributed by atoms with Gasteiger partial charge >= 0.3 is 11.9 Å². The Morgan fingerprint density at radius 2 is 1.88 bits per heavy atom. The number of alkyl halides is 3. The standard InChI is InChI=1S/C22H18ClF3N6O/c23-16-6-4-14(5-7-16)20-30-31(21(33)32(20)17-8-9-17)12-19-27-18(28-29-19)11-13-2-1-3-15(10-13)22(24,25)26/h1-7,10,17H,8-9,11-12H2,(H,27,28,29). The predicted octanol–water partition coefficient (Wildman–Crippen LogP) is 4.48. The summed E-state index contributed by atoms with van der Waals surface area (Å²) in [5.41, 5.74) is 0.251. The maximum atomic E-state index is 13.0. The van der Waals surface area contributed by atoms with Crippen molar-refractivity contribution in [2.45, 2.75) is 38.0 Å². The third-order valence-electron chi connectivity index (χ3n) is 5.38. The van der Waals surface area contributed by atoms with Gasteiger partial charge in [0, 0.05) is 23.0 Å². The van der Waals surface area contributed by atoms with E-state index < -0.39 is 11.7 Å². The van der Waals surface area contributed by atoms with Gasteiger partial charge in [-0.2, -0.15) is 18.3 Å². The van der Waals surface area contributed by atoms with Crippen molar-refractivity contribution in [1.82, 2.24) is 29.5 Å². The first-order valence-corrected chi connectivity index (χ1v) is 10.7. The molecular weight excluding hydrogens is 457 g/mol. The molecule has 2 heterocycles. The highest BCUT2D eigenvalue weighted by Gasteiger charge is 2.31. The van der Waals surface area contributed by atoms with E-state index in [0.29, 0.717) is 28.1 Å². The van der Waals surface area contributed by atoms with Crippen molar-refractivity contribution in [2.75, 3.05) is 0 Å². The molecule has 2 aromatic heterocycles. The first kappa shape index (κ1) is 21.4. The van der Waals surface area contributed by atoms with Crippen molar-refractivity contribution >= 4 is 11.6 Å². The van der Waals surface area contributed by atoms with E-state index in [9.17, 15) is 18.0 Å². The Morgan fingerprint density at radius 1 is 1.12 bits per heavy atom. The Morgan fingerprint density at radius 3 is 2.58 bits per heavy atom. The molecule has 0 amide bonds. The Labute approximate surface area is 190 Å². The van der Waals surface area contributed by atoms with Gasteiger partial charge in [-0.05, 0) is 48.7 Å². The van der Waals surface area contributed by atoms with Crippen molar-refractivity contribution < 1.29 is 13.2 Å². The van der Waals surface area contributed by atoms with Gasteiger partial charge in [0.25, 0.3) is 0 Å². The molecule has 1 fully saturated rings. The monoisotopic (exact) mass is 474 g/mol. The summed E-state index contributed by atoms with van der Waals surface area (Å²) < 4.78 is 41.8. The highest BCUT2D eigenvalue weighted by atomic mass is 35.5. The number of aromatic nitrogens is 6. The van der Waals surface area contributed by atoms with Crippen molar-refractivity contribution in [3.05, 3.63) is 86.8 Å². The van der Waals surface area contributed by atoms with E-state index in [1.165, 1.54) is 10.7 Å². The summed E-state index contributed by atoms with van der Waals surface area (Å²) in [5, 5.41) is 11.9. The average Bonchev–Trinajstić information content (AvgIpc) is 3.43. The molecule has 7 nitrogen and oxygen atoms in total. The van der Waals surface area contributed by atoms with Crippen LogP contribution >= 0.6 is 11.6 Å². The van der Waals surface area contributed by atoms with Crippen LogP contribution in [0.2, 0.25) is 5.02 Å². The molecule has 0 aliphatic heterocycles. The van der Waals surface area contributed by atoms with E-state index in [0.717, 1.165) is 30.5 Å². The zero-order valence-electron chi connectivity index (χ0n) is 17.2. The molecule has 0 spiro atoms. The summed E-state index contributed by atoms with van der Waals surface area (Å²) in [6.07, 6.45) is -2.46. The maximum absolute atomic E-state index is 13.0. The van der Waals surface area contributed by atoms with Crippen LogP contribution in [0.4, 0.5) is 13.2 Å². The number of H-pyrrole nitrogens is 1. The van der Waals surface area contributed by atoms with Gasteiger partial charge < -0.3 is 0 Å². The SMILES string of the molecule is O=c1n(Cc2nc(Cc3cccc(C(F)(F)F)c3)n[nH]2)nc(-c2ccc(Cl)cc2)n1C1CC1. The molecule has 33 heavy (non-hydrogen) atoms. The Balaban J connectivity index is 1.38. The summed E-state index contributed by atoms with van der Waals surface area (Å²) in [7, 11) is 0. The fraction of sp³-hybridized carbons (Fsp3) is 0.273. The normalized spacial score (nSPS) is 14.1. The average molecular weight is 475 g/mol. The minimum atomic E-state index is -4.41. The molecule has 1 aliphatic carbocycles. The van der Waals surface area contributed by atoms with Crippen molar-refractivity contribution in [3.8, 4) is 11.4 Å². The van der Waals surface area contributed by atoms with E-state index in [4.69, 9.17) is 11.6 Å². The number of hydrogen-bond donors (Lipinski definition) is 1. The van der Waals surface area contributed by atoms with Gasteiger partial charge in [0.2, 0.25) is 0 Å². The molecule has 2 aromatic carbocycles. The van der Waals surface area contributed by atoms with Gasteiger partial charge in [-0.15, -0.1) is 5.10 Å². The van der Waals surface area contributed by atoms with E-state index in [-0.39, 0.29) is 24.7 Å². The third-order valence-corrected chi connectivity index (χ3v) is 5.63. The topological polar surface area (TPSA) is 81.4 Å². The molecule has 170 valence electrons. The van der Waals surface area contributed by atoms with Crippen LogP contribution in [-0.4, -0.2) is 29.5 Å². The van der Waals surface area contributed by atoms with E-state index in [1.54, 1.807) is 22.8 Å². The summed E-state index contributed by atoms with van der Waals surface area (Å²) in [4.78, 5) is 17.4. The van der Waals surface area contributed by atoms with Gasteiger partial charge in [0.1, 0.15) is 12.4 Å². The number of benzene rings is 2. The molecule has 5 rings (SSSR count). The summed E-state index contributed by atoms with van der Waals surface area (Å²) in [6.45, 7) is 0.0642. The van der Waals surface area contributed by atoms with Gasteiger partial charge in [0.15, 0.2) is 11.6 Å². The van der Waals surface area contributed by atoms with E-state index in [1.807, 2.05) is 12.1 Å². The summed E-state index contributed by atoms with van der Waals surface area (Å²) in [5.74, 6) is 1.28. The Hall–Kier alpha value is -3.40. The minimum absolute atomic E-state index is 0.0642. The molecule has 1 saturated carbocycles. The lowest BCUT2D eigenvalue weighted by Crippen LogP contribution is -2.25. The largest absolute Gasteiger partial charge is 0.416 e. The quantitative estimate of drug-likeness (QED) is 0.447. The van der Waals surface area contributed by atoms with Crippen molar-refractivity contribution in [2.24, 2.45) is 0 Å². The fourth-order valence-corrected chi connectivity index (χ4v) is 3.77. The van der Waals surface area contributed by atoms with Gasteiger partial charge in [-0.3, -0.25) is 9.67 Å². The second kappa shape index (κ2) is 8.18. The van der Waals surface area contributed by atoms with E-state index in [2.05, 4.69) is 20.3 Å². The molecule has 0 atom stereocenters.